The SMILES string of the molecule is CCOC(=O)c1cncc(C(O)C(O)CCNC(=O)OCC2c3ccccc3-c3ccccc32)c1. The van der Waals surface area contributed by atoms with Gasteiger partial charge in [-0.2, -0.15) is 0 Å². The van der Waals surface area contributed by atoms with Crippen LogP contribution in [-0.2, 0) is 9.47 Å². The molecule has 1 heterocycles. The molecule has 1 aliphatic rings. The average molecular weight is 477 g/mol. The van der Waals surface area contributed by atoms with Gasteiger partial charge in [-0.15, -0.1) is 0 Å². The Labute approximate surface area is 203 Å². The fourth-order valence-electron chi connectivity index (χ4n) is 4.30. The van der Waals surface area contributed by atoms with Crippen LogP contribution in [0.4, 0.5) is 4.79 Å². The van der Waals surface area contributed by atoms with Crippen LogP contribution in [0.3, 0.4) is 0 Å². The molecule has 1 aliphatic carbocycles. The second kappa shape index (κ2) is 11.1. The molecule has 0 fully saturated rings. The number of aliphatic hydroxyl groups is 2. The highest BCUT2D eigenvalue weighted by Crippen LogP contribution is 2.44. The molecule has 2 aromatic carbocycles. The van der Waals surface area contributed by atoms with Gasteiger partial charge in [0.1, 0.15) is 12.7 Å². The Morgan fingerprint density at radius 2 is 1.66 bits per heavy atom. The lowest BCUT2D eigenvalue weighted by Gasteiger charge is -2.19. The number of pyridine rings is 1. The number of hydrogen-bond donors (Lipinski definition) is 3. The van der Waals surface area contributed by atoms with E-state index in [0.29, 0.717) is 0 Å². The van der Waals surface area contributed by atoms with Gasteiger partial charge in [0.05, 0.1) is 18.3 Å². The minimum atomic E-state index is -1.28. The molecule has 182 valence electrons. The number of esters is 1. The van der Waals surface area contributed by atoms with E-state index < -0.39 is 24.3 Å². The van der Waals surface area contributed by atoms with Crippen LogP contribution in [0, 0.1) is 0 Å². The van der Waals surface area contributed by atoms with Gasteiger partial charge in [-0.1, -0.05) is 48.5 Å². The number of fused-ring (bicyclic) bond motifs is 3. The van der Waals surface area contributed by atoms with Crippen molar-refractivity contribution in [1.82, 2.24) is 10.3 Å². The molecule has 8 nitrogen and oxygen atoms in total. The molecule has 4 rings (SSSR count). The normalized spacial score (nSPS) is 13.9. The molecule has 0 saturated heterocycles. The zero-order valence-corrected chi connectivity index (χ0v) is 19.4. The molecule has 8 heteroatoms. The summed E-state index contributed by atoms with van der Waals surface area (Å²) in [5.74, 6) is -0.597. The molecule has 0 spiro atoms. The number of rotatable bonds is 9. The predicted molar refractivity (Wildman–Crippen MR) is 129 cm³/mol. The number of ether oxygens (including phenoxy) is 2. The summed E-state index contributed by atoms with van der Waals surface area (Å²) in [4.78, 5) is 28.1. The molecular weight excluding hydrogens is 448 g/mol. The maximum absolute atomic E-state index is 12.3. The Kier molecular flexibility index (Phi) is 7.74. The smallest absolute Gasteiger partial charge is 0.407 e. The summed E-state index contributed by atoms with van der Waals surface area (Å²) in [6.07, 6.45) is -0.270. The molecule has 0 bridgehead atoms. The van der Waals surface area contributed by atoms with Gasteiger partial charge in [0.15, 0.2) is 0 Å². The standard InChI is InChI=1S/C27H28N2O6/c1-2-34-26(32)18-13-17(14-28-15-18)25(31)24(30)11-12-29-27(33)35-16-23-21-9-5-3-7-19(21)20-8-4-6-10-22(20)23/h3-10,13-15,23-25,30-31H,2,11-12,16H2,1H3,(H,29,33). The van der Waals surface area contributed by atoms with Crippen molar-refractivity contribution in [1.29, 1.82) is 0 Å². The number of nitrogens with zero attached hydrogens (tertiary/aromatic N) is 1. The Balaban J connectivity index is 1.27. The monoisotopic (exact) mass is 476 g/mol. The van der Waals surface area contributed by atoms with Crippen molar-refractivity contribution >= 4 is 12.1 Å². The van der Waals surface area contributed by atoms with Gasteiger partial charge in [0, 0.05) is 30.4 Å². The Morgan fingerprint density at radius 1 is 1.00 bits per heavy atom. The number of amides is 1. The van der Waals surface area contributed by atoms with Crippen LogP contribution in [0.2, 0.25) is 0 Å². The number of hydrogen-bond acceptors (Lipinski definition) is 7. The molecule has 1 aromatic heterocycles. The number of nitrogens with one attached hydrogen (secondary N) is 1. The third-order valence-electron chi connectivity index (χ3n) is 6.03. The number of benzene rings is 2. The van der Waals surface area contributed by atoms with Crippen molar-refractivity contribution in [3.63, 3.8) is 0 Å². The number of aliphatic hydroxyl groups excluding tert-OH is 2. The van der Waals surface area contributed by atoms with Crippen LogP contribution in [0.25, 0.3) is 11.1 Å². The lowest BCUT2D eigenvalue weighted by molar-refractivity contribution is 0.0133. The number of aromatic nitrogens is 1. The van der Waals surface area contributed by atoms with E-state index in [9.17, 15) is 19.8 Å². The molecule has 3 aromatic rings. The van der Waals surface area contributed by atoms with Crippen molar-refractivity contribution in [2.24, 2.45) is 0 Å². The molecule has 1 amide bonds. The summed E-state index contributed by atoms with van der Waals surface area (Å²) in [5, 5.41) is 23.4. The summed E-state index contributed by atoms with van der Waals surface area (Å²) in [7, 11) is 0. The van der Waals surface area contributed by atoms with Crippen LogP contribution >= 0.6 is 0 Å². The summed E-state index contributed by atoms with van der Waals surface area (Å²) in [6, 6.07) is 17.6. The first-order chi connectivity index (χ1) is 17.0. The highest BCUT2D eigenvalue weighted by molar-refractivity contribution is 5.89. The van der Waals surface area contributed by atoms with Crippen LogP contribution in [-0.4, -0.2) is 53.1 Å². The maximum Gasteiger partial charge on any atom is 0.407 e. The summed E-state index contributed by atoms with van der Waals surface area (Å²) in [5.41, 5.74) is 5.01. The van der Waals surface area contributed by atoms with Gasteiger partial charge < -0.3 is 25.0 Å². The molecule has 0 aliphatic heterocycles. The Morgan fingerprint density at radius 3 is 2.31 bits per heavy atom. The van der Waals surface area contributed by atoms with E-state index in [1.54, 1.807) is 6.92 Å². The molecule has 0 radical (unpaired) electrons. The van der Waals surface area contributed by atoms with Crippen molar-refractivity contribution in [2.45, 2.75) is 31.5 Å². The van der Waals surface area contributed by atoms with E-state index in [-0.39, 0.29) is 43.2 Å². The van der Waals surface area contributed by atoms with E-state index in [0.717, 1.165) is 22.3 Å². The van der Waals surface area contributed by atoms with E-state index in [1.165, 1.54) is 18.5 Å². The fraction of sp³-hybridized carbons (Fsp3) is 0.296. The lowest BCUT2D eigenvalue weighted by Crippen LogP contribution is -2.30. The second-order valence-electron chi connectivity index (χ2n) is 8.28. The molecule has 2 unspecified atom stereocenters. The number of carbonyl (C=O) groups is 2. The van der Waals surface area contributed by atoms with Crippen LogP contribution in [0.1, 0.15) is 52.4 Å². The van der Waals surface area contributed by atoms with Crippen LogP contribution < -0.4 is 5.32 Å². The van der Waals surface area contributed by atoms with E-state index in [1.807, 2.05) is 36.4 Å². The van der Waals surface area contributed by atoms with Gasteiger partial charge in [-0.3, -0.25) is 4.98 Å². The molecular formula is C27H28N2O6. The largest absolute Gasteiger partial charge is 0.462 e. The zero-order valence-electron chi connectivity index (χ0n) is 19.4. The van der Waals surface area contributed by atoms with Crippen molar-refractivity contribution in [3.8, 4) is 11.1 Å². The quantitative estimate of drug-likeness (QED) is 0.404. The summed E-state index contributed by atoms with van der Waals surface area (Å²) >= 11 is 0. The molecule has 2 atom stereocenters. The van der Waals surface area contributed by atoms with E-state index in [2.05, 4.69) is 22.4 Å². The summed E-state index contributed by atoms with van der Waals surface area (Å²) < 4.78 is 10.4. The minimum absolute atomic E-state index is 0.0419. The Hall–Kier alpha value is -3.75. The number of carbonyl (C=O) groups excluding carboxylic acids is 2. The molecule has 35 heavy (non-hydrogen) atoms. The van der Waals surface area contributed by atoms with Gasteiger partial charge >= 0.3 is 12.1 Å². The van der Waals surface area contributed by atoms with Crippen LogP contribution in [0.5, 0.6) is 0 Å². The zero-order chi connectivity index (χ0) is 24.8. The predicted octanol–water partition coefficient (Wildman–Crippen LogP) is 3.58. The minimum Gasteiger partial charge on any atom is -0.462 e. The van der Waals surface area contributed by atoms with Gasteiger partial charge in [-0.05, 0) is 41.7 Å². The third kappa shape index (κ3) is 5.50. The topological polar surface area (TPSA) is 118 Å². The first-order valence-corrected chi connectivity index (χ1v) is 11.6. The van der Waals surface area contributed by atoms with Crippen molar-refractivity contribution in [2.75, 3.05) is 19.8 Å². The van der Waals surface area contributed by atoms with Gasteiger partial charge in [0.2, 0.25) is 0 Å². The average Bonchev–Trinajstić information content (AvgIpc) is 3.21. The van der Waals surface area contributed by atoms with Crippen molar-refractivity contribution < 1.29 is 29.3 Å². The Bertz CT molecular complexity index is 1150. The van der Waals surface area contributed by atoms with E-state index in [4.69, 9.17) is 9.47 Å². The lowest BCUT2D eigenvalue weighted by atomic mass is 9.98. The summed E-state index contributed by atoms with van der Waals surface area (Å²) in [6.45, 7) is 2.20. The maximum atomic E-state index is 12.3. The van der Waals surface area contributed by atoms with Crippen LogP contribution in [0.15, 0.2) is 67.0 Å². The first kappa shape index (κ1) is 24.4. The molecule has 0 saturated carbocycles. The van der Waals surface area contributed by atoms with E-state index >= 15 is 0 Å². The highest BCUT2D eigenvalue weighted by Gasteiger charge is 2.29. The fourth-order valence-corrected chi connectivity index (χ4v) is 4.30. The van der Waals surface area contributed by atoms with Gasteiger partial charge in [-0.25, -0.2) is 9.59 Å². The third-order valence-corrected chi connectivity index (χ3v) is 6.03. The second-order valence-corrected chi connectivity index (χ2v) is 8.28. The van der Waals surface area contributed by atoms with Gasteiger partial charge in [0.25, 0.3) is 0 Å². The van der Waals surface area contributed by atoms with Crippen molar-refractivity contribution in [3.05, 3.63) is 89.2 Å². The molecule has 3 N–H and O–H groups in total. The first-order valence-electron chi connectivity index (χ1n) is 11.6. The highest BCUT2D eigenvalue weighted by atomic mass is 16.5. The number of alkyl carbamates (subject to hydrolysis) is 1.